The maximum Gasteiger partial charge on any atom is 0.218 e. The lowest BCUT2D eigenvalue weighted by Crippen LogP contribution is -2.34. The fourth-order valence-corrected chi connectivity index (χ4v) is 2.29. The normalized spacial score (nSPS) is 19.9. The quantitative estimate of drug-likeness (QED) is 0.876. The Balaban J connectivity index is 2.08. The number of aromatic nitrogens is 1. The third-order valence-corrected chi connectivity index (χ3v) is 3.21. The van der Waals surface area contributed by atoms with E-state index in [-0.39, 0.29) is 6.04 Å². The summed E-state index contributed by atoms with van der Waals surface area (Å²) < 4.78 is 10.9. The summed E-state index contributed by atoms with van der Waals surface area (Å²) in [5.74, 6) is 0.678. The molecular weight excluding hydrogens is 228 g/mol. The second-order valence-corrected chi connectivity index (χ2v) is 4.36. The number of nitrogens with one attached hydrogen (secondary N) is 1. The Labute approximate surface area is 106 Å². The molecule has 1 unspecified atom stereocenters. The minimum Gasteiger partial charge on any atom is -0.481 e. The molecule has 1 saturated heterocycles. The van der Waals surface area contributed by atoms with Crippen molar-refractivity contribution in [3.8, 4) is 5.88 Å². The van der Waals surface area contributed by atoms with Gasteiger partial charge in [-0.15, -0.1) is 0 Å². The van der Waals surface area contributed by atoms with Crippen LogP contribution in [0.25, 0.3) is 10.9 Å². The summed E-state index contributed by atoms with van der Waals surface area (Å²) in [4.78, 5) is 4.55. The molecule has 4 nitrogen and oxygen atoms in total. The van der Waals surface area contributed by atoms with E-state index < -0.39 is 0 Å². The predicted octanol–water partition coefficient (Wildman–Crippen LogP) is 1.90. The highest BCUT2D eigenvalue weighted by Gasteiger charge is 2.20. The van der Waals surface area contributed by atoms with Gasteiger partial charge in [-0.2, -0.15) is 0 Å². The number of pyridine rings is 1. The molecule has 1 atom stereocenters. The van der Waals surface area contributed by atoms with Crippen LogP contribution in [0.5, 0.6) is 5.88 Å². The Morgan fingerprint density at radius 1 is 1.39 bits per heavy atom. The predicted molar refractivity (Wildman–Crippen MR) is 69.9 cm³/mol. The Morgan fingerprint density at radius 2 is 2.28 bits per heavy atom. The summed E-state index contributed by atoms with van der Waals surface area (Å²) in [6.07, 6.45) is 0. The van der Waals surface area contributed by atoms with E-state index in [2.05, 4.69) is 22.4 Å². The van der Waals surface area contributed by atoms with Crippen molar-refractivity contribution in [2.24, 2.45) is 0 Å². The van der Waals surface area contributed by atoms with E-state index in [9.17, 15) is 0 Å². The van der Waals surface area contributed by atoms with E-state index in [4.69, 9.17) is 9.47 Å². The second kappa shape index (κ2) is 4.92. The third-order valence-electron chi connectivity index (χ3n) is 3.21. The summed E-state index contributed by atoms with van der Waals surface area (Å²) in [5, 5.41) is 4.56. The molecule has 1 N–H and O–H groups in total. The van der Waals surface area contributed by atoms with Gasteiger partial charge in [0.2, 0.25) is 5.88 Å². The maximum absolute atomic E-state index is 5.50. The first-order valence-corrected chi connectivity index (χ1v) is 6.13. The topological polar surface area (TPSA) is 43.4 Å². The molecule has 0 spiro atoms. The summed E-state index contributed by atoms with van der Waals surface area (Å²) >= 11 is 0. The molecule has 1 fully saturated rings. The fraction of sp³-hybridized carbons (Fsp3) is 0.357. The van der Waals surface area contributed by atoms with Gasteiger partial charge in [0.15, 0.2) is 0 Å². The van der Waals surface area contributed by atoms with E-state index in [0.29, 0.717) is 12.5 Å². The highest BCUT2D eigenvalue weighted by molar-refractivity contribution is 5.80. The van der Waals surface area contributed by atoms with Gasteiger partial charge in [-0.25, -0.2) is 4.98 Å². The molecule has 1 aliphatic rings. The van der Waals surface area contributed by atoms with Gasteiger partial charge in [0.05, 0.1) is 31.9 Å². The molecule has 3 rings (SSSR count). The SMILES string of the molecule is COc1nc2ccccc2cc1C1COCCN1. The molecule has 18 heavy (non-hydrogen) atoms. The van der Waals surface area contributed by atoms with Crippen molar-refractivity contribution >= 4 is 10.9 Å². The first-order chi connectivity index (χ1) is 8.88. The van der Waals surface area contributed by atoms with Crippen LogP contribution in [-0.4, -0.2) is 31.9 Å². The standard InChI is InChI=1S/C14H16N2O2/c1-17-14-11(13-9-18-7-6-15-13)8-10-4-2-3-5-12(10)16-14/h2-5,8,13,15H,6-7,9H2,1H3. The first kappa shape index (κ1) is 11.4. The average Bonchev–Trinajstić information content (AvgIpc) is 2.46. The number of fused-ring (bicyclic) bond motifs is 1. The van der Waals surface area contributed by atoms with Crippen molar-refractivity contribution in [1.29, 1.82) is 0 Å². The van der Waals surface area contributed by atoms with Crippen LogP contribution in [0.2, 0.25) is 0 Å². The zero-order chi connectivity index (χ0) is 12.4. The Hall–Kier alpha value is -1.65. The van der Waals surface area contributed by atoms with Gasteiger partial charge in [0.1, 0.15) is 0 Å². The second-order valence-electron chi connectivity index (χ2n) is 4.36. The number of rotatable bonds is 2. The molecule has 1 aromatic carbocycles. The van der Waals surface area contributed by atoms with Crippen LogP contribution in [0, 0.1) is 0 Å². The van der Waals surface area contributed by atoms with Gasteiger partial charge < -0.3 is 14.8 Å². The number of hydrogen-bond acceptors (Lipinski definition) is 4. The van der Waals surface area contributed by atoms with E-state index in [1.165, 1.54) is 0 Å². The Kier molecular flexibility index (Phi) is 3.13. The zero-order valence-corrected chi connectivity index (χ0v) is 10.3. The number of methoxy groups -OCH3 is 1. The molecule has 2 heterocycles. The molecule has 2 aromatic rings. The van der Waals surface area contributed by atoms with Crippen molar-refractivity contribution in [3.05, 3.63) is 35.9 Å². The van der Waals surface area contributed by atoms with Gasteiger partial charge in [0, 0.05) is 17.5 Å². The average molecular weight is 244 g/mol. The van der Waals surface area contributed by atoms with Crippen LogP contribution in [0.3, 0.4) is 0 Å². The molecule has 0 bridgehead atoms. The Morgan fingerprint density at radius 3 is 3.06 bits per heavy atom. The molecular formula is C14H16N2O2. The summed E-state index contributed by atoms with van der Waals surface area (Å²) in [6, 6.07) is 10.3. The minimum atomic E-state index is 0.158. The van der Waals surface area contributed by atoms with Crippen molar-refractivity contribution in [3.63, 3.8) is 0 Å². The smallest absolute Gasteiger partial charge is 0.218 e. The van der Waals surface area contributed by atoms with Crippen LogP contribution in [0.4, 0.5) is 0 Å². The van der Waals surface area contributed by atoms with Crippen molar-refractivity contribution in [1.82, 2.24) is 10.3 Å². The molecule has 0 aliphatic carbocycles. The van der Waals surface area contributed by atoms with Gasteiger partial charge in [0.25, 0.3) is 0 Å². The largest absolute Gasteiger partial charge is 0.481 e. The van der Waals surface area contributed by atoms with E-state index in [1.54, 1.807) is 7.11 Å². The van der Waals surface area contributed by atoms with E-state index >= 15 is 0 Å². The van der Waals surface area contributed by atoms with Gasteiger partial charge in [-0.1, -0.05) is 18.2 Å². The van der Waals surface area contributed by atoms with Gasteiger partial charge >= 0.3 is 0 Å². The van der Waals surface area contributed by atoms with E-state index in [0.717, 1.165) is 29.6 Å². The number of benzene rings is 1. The minimum absolute atomic E-state index is 0.158. The lowest BCUT2D eigenvalue weighted by Gasteiger charge is -2.25. The summed E-state index contributed by atoms with van der Waals surface area (Å²) in [7, 11) is 1.66. The van der Waals surface area contributed by atoms with Crippen molar-refractivity contribution < 1.29 is 9.47 Å². The lowest BCUT2D eigenvalue weighted by molar-refractivity contribution is 0.0759. The van der Waals surface area contributed by atoms with Crippen LogP contribution in [0.15, 0.2) is 30.3 Å². The Bertz CT molecular complexity index is 550. The summed E-state index contributed by atoms with van der Waals surface area (Å²) in [5.41, 5.74) is 2.02. The molecule has 94 valence electrons. The van der Waals surface area contributed by atoms with Crippen LogP contribution in [-0.2, 0) is 4.74 Å². The molecule has 0 radical (unpaired) electrons. The third kappa shape index (κ3) is 2.05. The van der Waals surface area contributed by atoms with Gasteiger partial charge in [-0.3, -0.25) is 0 Å². The van der Waals surface area contributed by atoms with Crippen LogP contribution in [0.1, 0.15) is 11.6 Å². The molecule has 0 amide bonds. The lowest BCUT2D eigenvalue weighted by atomic mass is 10.1. The van der Waals surface area contributed by atoms with Crippen molar-refractivity contribution in [2.75, 3.05) is 26.9 Å². The molecule has 4 heteroatoms. The van der Waals surface area contributed by atoms with Crippen LogP contribution >= 0.6 is 0 Å². The number of nitrogens with zero attached hydrogens (tertiary/aromatic N) is 1. The fourth-order valence-electron chi connectivity index (χ4n) is 2.29. The van der Waals surface area contributed by atoms with Crippen molar-refractivity contribution in [2.45, 2.75) is 6.04 Å². The molecule has 0 saturated carbocycles. The number of hydrogen-bond donors (Lipinski definition) is 1. The number of morpholine rings is 1. The highest BCUT2D eigenvalue weighted by atomic mass is 16.5. The molecule has 1 aromatic heterocycles. The number of ether oxygens (including phenoxy) is 2. The highest BCUT2D eigenvalue weighted by Crippen LogP contribution is 2.28. The maximum atomic E-state index is 5.50. The summed E-state index contributed by atoms with van der Waals surface area (Å²) in [6.45, 7) is 2.29. The van der Waals surface area contributed by atoms with Crippen LogP contribution < -0.4 is 10.1 Å². The number of para-hydroxylation sites is 1. The molecule has 1 aliphatic heterocycles. The zero-order valence-electron chi connectivity index (χ0n) is 10.3. The monoisotopic (exact) mass is 244 g/mol. The first-order valence-electron chi connectivity index (χ1n) is 6.13. The van der Waals surface area contributed by atoms with Gasteiger partial charge in [-0.05, 0) is 12.1 Å². The van der Waals surface area contributed by atoms with E-state index in [1.807, 2.05) is 18.2 Å².